The molecule has 0 amide bonds. The maximum absolute atomic E-state index is 12.5. The van der Waals surface area contributed by atoms with Crippen LogP contribution in [0.1, 0.15) is 37.9 Å². The van der Waals surface area contributed by atoms with Crippen molar-refractivity contribution in [2.75, 3.05) is 26.7 Å². The molecular formula is C15H27F3IN5S. The summed E-state index contributed by atoms with van der Waals surface area (Å²) in [6, 6.07) is 0.502. The van der Waals surface area contributed by atoms with Gasteiger partial charge in [0, 0.05) is 31.1 Å². The number of likely N-dealkylation sites (N-methyl/N-ethyl adjacent to an activating group) is 1. The van der Waals surface area contributed by atoms with Crippen LogP contribution in [-0.2, 0) is 12.7 Å². The molecule has 0 fully saturated rings. The van der Waals surface area contributed by atoms with Gasteiger partial charge < -0.3 is 15.5 Å². The van der Waals surface area contributed by atoms with Crippen molar-refractivity contribution in [1.29, 1.82) is 0 Å². The summed E-state index contributed by atoms with van der Waals surface area (Å²) < 4.78 is 37.6. The first-order chi connectivity index (χ1) is 11.3. The molecule has 0 aliphatic carbocycles. The molecule has 1 aromatic heterocycles. The molecule has 0 aliphatic heterocycles. The number of nitrogens with zero attached hydrogens (tertiary/aromatic N) is 3. The molecule has 0 radical (unpaired) electrons. The number of aliphatic imine (C=N–C) groups is 1. The van der Waals surface area contributed by atoms with Crippen LogP contribution in [-0.4, -0.2) is 48.6 Å². The van der Waals surface area contributed by atoms with Gasteiger partial charge in [-0.3, -0.25) is 0 Å². The second-order valence-electron chi connectivity index (χ2n) is 5.48. The molecule has 146 valence electrons. The van der Waals surface area contributed by atoms with Crippen molar-refractivity contribution in [3.8, 4) is 0 Å². The van der Waals surface area contributed by atoms with Gasteiger partial charge in [0.25, 0.3) is 0 Å². The standard InChI is InChI=1S/C15H26F3N5S.HI/c1-5-11(3)23(4)8-7-20-14(19-6-2)21-9-13-22-12(10-24-13)15(16,17)18;/h10-11H,5-9H2,1-4H3,(H2,19,20,21);1H. The van der Waals surface area contributed by atoms with Crippen LogP contribution in [0.4, 0.5) is 13.2 Å². The highest BCUT2D eigenvalue weighted by Gasteiger charge is 2.33. The zero-order chi connectivity index (χ0) is 18.2. The third-order valence-corrected chi connectivity index (χ3v) is 4.49. The Balaban J connectivity index is 0.00000576. The van der Waals surface area contributed by atoms with Crippen LogP contribution in [0.2, 0.25) is 0 Å². The molecule has 1 rings (SSSR count). The lowest BCUT2D eigenvalue weighted by Crippen LogP contribution is -2.42. The van der Waals surface area contributed by atoms with Gasteiger partial charge in [0.05, 0.1) is 6.54 Å². The van der Waals surface area contributed by atoms with E-state index in [0.717, 1.165) is 29.7 Å². The van der Waals surface area contributed by atoms with E-state index in [9.17, 15) is 13.2 Å². The minimum absolute atomic E-state index is 0. The first kappa shape index (κ1) is 24.4. The monoisotopic (exact) mass is 493 g/mol. The van der Waals surface area contributed by atoms with Crippen LogP contribution in [0.5, 0.6) is 0 Å². The molecule has 10 heteroatoms. The third kappa shape index (κ3) is 9.04. The number of thiazole rings is 1. The Morgan fingerprint density at radius 1 is 1.36 bits per heavy atom. The lowest BCUT2D eigenvalue weighted by molar-refractivity contribution is -0.140. The van der Waals surface area contributed by atoms with Crippen LogP contribution in [0.15, 0.2) is 10.4 Å². The normalized spacial score (nSPS) is 13.5. The number of rotatable bonds is 8. The molecule has 0 spiro atoms. The summed E-state index contributed by atoms with van der Waals surface area (Å²) in [7, 11) is 2.06. The number of guanidine groups is 1. The van der Waals surface area contributed by atoms with E-state index in [2.05, 4.69) is 46.4 Å². The van der Waals surface area contributed by atoms with Crippen molar-refractivity contribution in [3.63, 3.8) is 0 Å². The Labute approximate surface area is 168 Å². The number of nitrogens with one attached hydrogen (secondary N) is 2. The predicted octanol–water partition coefficient (Wildman–Crippen LogP) is 3.57. The maximum Gasteiger partial charge on any atom is 0.434 e. The van der Waals surface area contributed by atoms with Crippen molar-refractivity contribution >= 4 is 41.3 Å². The smallest absolute Gasteiger partial charge is 0.357 e. The van der Waals surface area contributed by atoms with Gasteiger partial charge in [-0.15, -0.1) is 35.3 Å². The fraction of sp³-hybridized carbons (Fsp3) is 0.733. The van der Waals surface area contributed by atoms with E-state index >= 15 is 0 Å². The van der Waals surface area contributed by atoms with Crippen molar-refractivity contribution in [1.82, 2.24) is 20.5 Å². The van der Waals surface area contributed by atoms with Crippen LogP contribution in [0.3, 0.4) is 0 Å². The number of hydrogen-bond acceptors (Lipinski definition) is 4. The van der Waals surface area contributed by atoms with E-state index in [1.807, 2.05) is 6.92 Å². The minimum Gasteiger partial charge on any atom is -0.357 e. The van der Waals surface area contributed by atoms with Gasteiger partial charge in [0.2, 0.25) is 0 Å². The average molecular weight is 493 g/mol. The number of aromatic nitrogens is 1. The first-order valence-electron chi connectivity index (χ1n) is 8.01. The molecule has 0 saturated carbocycles. The van der Waals surface area contributed by atoms with Crippen molar-refractivity contribution in [3.05, 3.63) is 16.1 Å². The molecule has 0 bridgehead atoms. The topological polar surface area (TPSA) is 52.6 Å². The van der Waals surface area contributed by atoms with E-state index in [1.165, 1.54) is 0 Å². The summed E-state index contributed by atoms with van der Waals surface area (Å²) in [5, 5.41) is 7.64. The van der Waals surface area contributed by atoms with Gasteiger partial charge in [0.1, 0.15) is 5.01 Å². The van der Waals surface area contributed by atoms with E-state index in [-0.39, 0.29) is 30.5 Å². The molecule has 5 nitrogen and oxygen atoms in total. The summed E-state index contributed by atoms with van der Waals surface area (Å²) in [6.45, 7) is 8.61. The van der Waals surface area contributed by atoms with Crippen molar-refractivity contribution in [2.24, 2.45) is 4.99 Å². The SMILES string of the molecule is CCNC(=NCc1nc(C(F)(F)F)cs1)NCCN(C)C(C)CC.I. The molecule has 0 aliphatic rings. The second kappa shape index (κ2) is 11.9. The van der Waals surface area contributed by atoms with Crippen LogP contribution in [0, 0.1) is 0 Å². The highest BCUT2D eigenvalue weighted by atomic mass is 127. The summed E-state index contributed by atoms with van der Waals surface area (Å²) in [4.78, 5) is 10.1. The quantitative estimate of drug-likeness (QED) is 0.331. The Morgan fingerprint density at radius 2 is 2.04 bits per heavy atom. The Hall–Kier alpha value is -0.620. The zero-order valence-electron chi connectivity index (χ0n) is 15.0. The summed E-state index contributed by atoms with van der Waals surface area (Å²) in [5.74, 6) is 0.582. The average Bonchev–Trinajstić information content (AvgIpc) is 3.00. The summed E-state index contributed by atoms with van der Waals surface area (Å²) in [5.41, 5.74) is -0.856. The maximum atomic E-state index is 12.5. The Morgan fingerprint density at radius 3 is 2.56 bits per heavy atom. The molecule has 1 unspecified atom stereocenters. The van der Waals surface area contributed by atoms with Crippen LogP contribution < -0.4 is 10.6 Å². The number of alkyl halides is 3. The lowest BCUT2D eigenvalue weighted by atomic mass is 10.2. The molecule has 1 aromatic rings. The van der Waals surface area contributed by atoms with Crippen molar-refractivity contribution < 1.29 is 13.2 Å². The molecule has 1 heterocycles. The Bertz CT molecular complexity index is 522. The van der Waals surface area contributed by atoms with E-state index in [0.29, 0.717) is 30.1 Å². The van der Waals surface area contributed by atoms with Gasteiger partial charge >= 0.3 is 6.18 Å². The van der Waals surface area contributed by atoms with E-state index in [4.69, 9.17) is 0 Å². The highest BCUT2D eigenvalue weighted by molar-refractivity contribution is 14.0. The molecular weight excluding hydrogens is 466 g/mol. The Kier molecular flexibility index (Phi) is 11.6. The van der Waals surface area contributed by atoms with Gasteiger partial charge in [-0.1, -0.05) is 6.92 Å². The molecule has 2 N–H and O–H groups in total. The lowest BCUT2D eigenvalue weighted by Gasteiger charge is -2.23. The van der Waals surface area contributed by atoms with Gasteiger partial charge in [-0.2, -0.15) is 13.2 Å². The highest BCUT2D eigenvalue weighted by Crippen LogP contribution is 2.30. The van der Waals surface area contributed by atoms with Gasteiger partial charge in [-0.05, 0) is 27.3 Å². The van der Waals surface area contributed by atoms with Gasteiger partial charge in [0.15, 0.2) is 11.7 Å². The first-order valence-corrected chi connectivity index (χ1v) is 8.89. The molecule has 25 heavy (non-hydrogen) atoms. The summed E-state index contributed by atoms with van der Waals surface area (Å²) in [6.07, 6.45) is -3.32. The molecule has 0 saturated heterocycles. The predicted molar refractivity (Wildman–Crippen MR) is 108 cm³/mol. The van der Waals surface area contributed by atoms with E-state index < -0.39 is 11.9 Å². The van der Waals surface area contributed by atoms with Crippen LogP contribution >= 0.6 is 35.3 Å². The fourth-order valence-electron chi connectivity index (χ4n) is 1.88. The van der Waals surface area contributed by atoms with E-state index in [1.54, 1.807) is 0 Å². The zero-order valence-corrected chi connectivity index (χ0v) is 18.1. The minimum atomic E-state index is -4.40. The largest absolute Gasteiger partial charge is 0.434 e. The number of halogens is 4. The molecule has 1 atom stereocenters. The van der Waals surface area contributed by atoms with Gasteiger partial charge in [-0.25, -0.2) is 9.98 Å². The fourth-order valence-corrected chi connectivity index (χ4v) is 2.61. The van der Waals surface area contributed by atoms with Crippen LogP contribution in [0.25, 0.3) is 0 Å². The number of hydrogen-bond donors (Lipinski definition) is 2. The summed E-state index contributed by atoms with van der Waals surface area (Å²) >= 11 is 0.970. The second-order valence-corrected chi connectivity index (χ2v) is 6.43. The van der Waals surface area contributed by atoms with Crippen molar-refractivity contribution in [2.45, 2.75) is 46.0 Å². The third-order valence-electron chi connectivity index (χ3n) is 3.66. The molecule has 0 aromatic carbocycles.